The van der Waals surface area contributed by atoms with E-state index < -0.39 is 0 Å². The number of aliphatic hydroxyl groups is 1. The van der Waals surface area contributed by atoms with Crippen molar-refractivity contribution in [2.24, 2.45) is 5.92 Å². The third-order valence-electron chi connectivity index (χ3n) is 1.67. The van der Waals surface area contributed by atoms with E-state index >= 15 is 0 Å². The number of hydrogen-bond donors (Lipinski definition) is 1. The maximum Gasteiger partial charge on any atom is 0.0953 e. The van der Waals surface area contributed by atoms with E-state index in [9.17, 15) is 0 Å². The van der Waals surface area contributed by atoms with E-state index in [-0.39, 0.29) is 0 Å². The fraction of sp³-hybridized carbons (Fsp3) is 0.500. The molecule has 1 nitrogen and oxygen atoms in total. The van der Waals surface area contributed by atoms with Gasteiger partial charge in [0.25, 0.3) is 0 Å². The molecule has 0 heterocycles. The summed E-state index contributed by atoms with van der Waals surface area (Å²) in [6.07, 6.45) is 4.75. The first-order chi connectivity index (χ1) is 4.20. The standard InChI is InChI=1S/C8H12O/c1-6-3-4-8(9)7(2)5-6/h3-4,7,9H,5H2,1-2H3/t7-/m1/s1. The molecule has 0 unspecified atom stereocenters. The Morgan fingerprint density at radius 1 is 1.56 bits per heavy atom. The maximum absolute atomic E-state index is 9.11. The Morgan fingerprint density at radius 2 is 2.22 bits per heavy atom. The summed E-state index contributed by atoms with van der Waals surface area (Å²) in [6, 6.07) is 0. The van der Waals surface area contributed by atoms with E-state index in [1.807, 2.05) is 13.0 Å². The van der Waals surface area contributed by atoms with Gasteiger partial charge in [0.1, 0.15) is 0 Å². The van der Waals surface area contributed by atoms with Crippen LogP contribution in [0.1, 0.15) is 20.3 Å². The van der Waals surface area contributed by atoms with Gasteiger partial charge in [0.05, 0.1) is 5.76 Å². The van der Waals surface area contributed by atoms with Crippen molar-refractivity contribution in [3.8, 4) is 0 Å². The zero-order valence-electron chi connectivity index (χ0n) is 5.89. The van der Waals surface area contributed by atoms with Crippen LogP contribution in [-0.2, 0) is 0 Å². The predicted molar refractivity (Wildman–Crippen MR) is 38.2 cm³/mol. The Balaban J connectivity index is 2.74. The number of rotatable bonds is 0. The molecule has 0 spiro atoms. The van der Waals surface area contributed by atoms with Crippen LogP contribution in [0, 0.1) is 5.92 Å². The van der Waals surface area contributed by atoms with Crippen molar-refractivity contribution in [3.05, 3.63) is 23.5 Å². The first kappa shape index (κ1) is 6.40. The van der Waals surface area contributed by atoms with Crippen LogP contribution in [0.25, 0.3) is 0 Å². The van der Waals surface area contributed by atoms with E-state index in [4.69, 9.17) is 5.11 Å². The summed E-state index contributed by atoms with van der Waals surface area (Å²) in [5, 5.41) is 9.11. The molecule has 1 atom stereocenters. The van der Waals surface area contributed by atoms with Crippen LogP contribution in [0.3, 0.4) is 0 Å². The minimum atomic E-state index is 0.329. The van der Waals surface area contributed by atoms with Gasteiger partial charge in [-0.1, -0.05) is 18.6 Å². The van der Waals surface area contributed by atoms with Crippen molar-refractivity contribution in [2.45, 2.75) is 20.3 Å². The van der Waals surface area contributed by atoms with Crippen molar-refractivity contribution in [3.63, 3.8) is 0 Å². The van der Waals surface area contributed by atoms with Crippen LogP contribution in [0.5, 0.6) is 0 Å². The van der Waals surface area contributed by atoms with E-state index in [1.54, 1.807) is 6.08 Å². The zero-order chi connectivity index (χ0) is 6.85. The lowest BCUT2D eigenvalue weighted by Gasteiger charge is -2.14. The van der Waals surface area contributed by atoms with Gasteiger partial charge in [0.15, 0.2) is 0 Å². The molecule has 0 fully saturated rings. The normalized spacial score (nSPS) is 27.1. The lowest BCUT2D eigenvalue weighted by atomic mass is 9.95. The van der Waals surface area contributed by atoms with E-state index in [0.29, 0.717) is 11.7 Å². The highest BCUT2D eigenvalue weighted by molar-refractivity contribution is 5.20. The minimum absolute atomic E-state index is 0.329. The highest BCUT2D eigenvalue weighted by atomic mass is 16.3. The molecule has 50 valence electrons. The third-order valence-corrected chi connectivity index (χ3v) is 1.67. The van der Waals surface area contributed by atoms with Gasteiger partial charge in [-0.2, -0.15) is 0 Å². The van der Waals surface area contributed by atoms with E-state index in [2.05, 4.69) is 6.92 Å². The summed E-state index contributed by atoms with van der Waals surface area (Å²) < 4.78 is 0. The lowest BCUT2D eigenvalue weighted by Crippen LogP contribution is -2.02. The average molecular weight is 124 g/mol. The molecule has 1 aliphatic carbocycles. The molecule has 1 aliphatic rings. The number of aliphatic hydroxyl groups excluding tert-OH is 1. The fourth-order valence-electron chi connectivity index (χ4n) is 1.05. The van der Waals surface area contributed by atoms with Crippen molar-refractivity contribution < 1.29 is 5.11 Å². The molecule has 0 radical (unpaired) electrons. The minimum Gasteiger partial charge on any atom is -0.512 e. The Hall–Kier alpha value is -0.720. The molecule has 1 rings (SSSR count). The molecule has 1 N–H and O–H groups in total. The SMILES string of the molecule is CC1=CC=C(O)[C@H](C)C1. The van der Waals surface area contributed by atoms with Gasteiger partial charge >= 0.3 is 0 Å². The molecule has 0 saturated heterocycles. The summed E-state index contributed by atoms with van der Waals surface area (Å²) in [4.78, 5) is 0. The van der Waals surface area contributed by atoms with Crippen molar-refractivity contribution >= 4 is 0 Å². The van der Waals surface area contributed by atoms with E-state index in [0.717, 1.165) is 6.42 Å². The van der Waals surface area contributed by atoms with Crippen LogP contribution in [0.2, 0.25) is 0 Å². The summed E-state index contributed by atoms with van der Waals surface area (Å²) in [6.45, 7) is 4.11. The topological polar surface area (TPSA) is 20.2 Å². The van der Waals surface area contributed by atoms with Gasteiger partial charge in [-0.05, 0) is 19.4 Å². The second-order valence-electron chi connectivity index (χ2n) is 2.71. The Kier molecular flexibility index (Phi) is 1.60. The molecular weight excluding hydrogens is 112 g/mol. The fourth-order valence-corrected chi connectivity index (χ4v) is 1.05. The van der Waals surface area contributed by atoms with Crippen LogP contribution < -0.4 is 0 Å². The van der Waals surface area contributed by atoms with Gasteiger partial charge in [-0.3, -0.25) is 0 Å². The quantitative estimate of drug-likeness (QED) is 0.525. The second-order valence-corrected chi connectivity index (χ2v) is 2.71. The monoisotopic (exact) mass is 124 g/mol. The molecule has 0 saturated carbocycles. The molecule has 1 heteroatoms. The van der Waals surface area contributed by atoms with Gasteiger partial charge in [0.2, 0.25) is 0 Å². The summed E-state index contributed by atoms with van der Waals surface area (Å²) in [5.74, 6) is 0.843. The summed E-state index contributed by atoms with van der Waals surface area (Å²) in [5.41, 5.74) is 1.35. The van der Waals surface area contributed by atoms with Crippen LogP contribution in [0.4, 0.5) is 0 Å². The van der Waals surface area contributed by atoms with Gasteiger partial charge in [-0.25, -0.2) is 0 Å². The van der Waals surface area contributed by atoms with Crippen LogP contribution in [-0.4, -0.2) is 5.11 Å². The largest absolute Gasteiger partial charge is 0.512 e. The predicted octanol–water partition coefficient (Wildman–Crippen LogP) is 2.41. The Labute approximate surface area is 55.7 Å². The van der Waals surface area contributed by atoms with Crippen LogP contribution in [0.15, 0.2) is 23.5 Å². The summed E-state index contributed by atoms with van der Waals surface area (Å²) >= 11 is 0. The second kappa shape index (κ2) is 2.26. The maximum atomic E-state index is 9.11. The molecule has 0 aromatic heterocycles. The van der Waals surface area contributed by atoms with E-state index in [1.165, 1.54) is 5.57 Å². The number of allylic oxidation sites excluding steroid dienone is 4. The molecule has 0 aliphatic heterocycles. The third kappa shape index (κ3) is 1.35. The Bertz CT molecular complexity index is 165. The molecule has 0 aromatic rings. The molecule has 0 aromatic carbocycles. The van der Waals surface area contributed by atoms with Crippen molar-refractivity contribution in [2.75, 3.05) is 0 Å². The smallest absolute Gasteiger partial charge is 0.0953 e. The highest BCUT2D eigenvalue weighted by Crippen LogP contribution is 2.21. The first-order valence-corrected chi connectivity index (χ1v) is 3.26. The Morgan fingerprint density at radius 3 is 2.67 bits per heavy atom. The van der Waals surface area contributed by atoms with Gasteiger partial charge in [-0.15, -0.1) is 0 Å². The lowest BCUT2D eigenvalue weighted by molar-refractivity contribution is 0.336. The van der Waals surface area contributed by atoms with Crippen LogP contribution >= 0.6 is 0 Å². The van der Waals surface area contributed by atoms with Gasteiger partial charge < -0.3 is 5.11 Å². The number of hydrogen-bond acceptors (Lipinski definition) is 1. The van der Waals surface area contributed by atoms with Crippen molar-refractivity contribution in [1.29, 1.82) is 0 Å². The molecule has 9 heavy (non-hydrogen) atoms. The zero-order valence-corrected chi connectivity index (χ0v) is 5.89. The summed E-state index contributed by atoms with van der Waals surface area (Å²) in [7, 11) is 0. The first-order valence-electron chi connectivity index (χ1n) is 3.26. The molecule has 0 amide bonds. The highest BCUT2D eigenvalue weighted by Gasteiger charge is 2.10. The average Bonchev–Trinajstić information content (AvgIpc) is 1.80. The van der Waals surface area contributed by atoms with Gasteiger partial charge in [0, 0.05) is 5.92 Å². The molecular formula is C8H12O. The van der Waals surface area contributed by atoms with Crippen molar-refractivity contribution in [1.82, 2.24) is 0 Å². The molecule has 0 bridgehead atoms.